The smallest absolute Gasteiger partial charge is 0.125 e. The van der Waals surface area contributed by atoms with Crippen LogP contribution in [0.2, 0.25) is 0 Å². The monoisotopic (exact) mass is 362 g/mol. The van der Waals surface area contributed by atoms with Crippen LogP contribution >= 0.6 is 0 Å². The van der Waals surface area contributed by atoms with Gasteiger partial charge in [0, 0.05) is 53.3 Å². The number of hydrogen-bond donors (Lipinski definition) is 1. The zero-order valence-corrected chi connectivity index (χ0v) is 15.7. The van der Waals surface area contributed by atoms with Crippen LogP contribution in [0.15, 0.2) is 53.8 Å². The van der Waals surface area contributed by atoms with Crippen LogP contribution in [0.3, 0.4) is 0 Å². The highest BCUT2D eigenvalue weighted by Crippen LogP contribution is 2.31. The summed E-state index contributed by atoms with van der Waals surface area (Å²) in [6.45, 7) is 5.94. The Bertz CT molecular complexity index is 1120. The molecule has 1 N–H and O–H groups in total. The van der Waals surface area contributed by atoms with Gasteiger partial charge in [-0.2, -0.15) is 5.10 Å². The van der Waals surface area contributed by atoms with E-state index < -0.39 is 0 Å². The quantitative estimate of drug-likeness (QED) is 0.447. The van der Waals surface area contributed by atoms with Crippen LogP contribution in [0.1, 0.15) is 26.7 Å². The molecule has 0 amide bonds. The number of halogens is 1. The van der Waals surface area contributed by atoms with Crippen molar-refractivity contribution in [2.75, 3.05) is 6.54 Å². The molecule has 0 aliphatic heterocycles. The zero-order valence-electron chi connectivity index (χ0n) is 15.7. The first kappa shape index (κ1) is 17.5. The molecule has 0 atom stereocenters. The highest BCUT2D eigenvalue weighted by Gasteiger charge is 2.10. The van der Waals surface area contributed by atoms with E-state index in [4.69, 9.17) is 0 Å². The molecule has 2 aromatic carbocycles. The molecule has 2 heterocycles. The van der Waals surface area contributed by atoms with Gasteiger partial charge in [0.1, 0.15) is 5.82 Å². The highest BCUT2D eigenvalue weighted by atomic mass is 19.1. The minimum Gasteiger partial charge on any atom is -0.360 e. The van der Waals surface area contributed by atoms with Crippen molar-refractivity contribution in [2.45, 2.75) is 33.2 Å². The number of nitrogens with one attached hydrogen (secondary N) is 1. The Labute approximate surface area is 157 Å². The second-order valence-corrected chi connectivity index (χ2v) is 6.90. The molecule has 5 heteroatoms. The largest absolute Gasteiger partial charge is 0.360 e. The van der Waals surface area contributed by atoms with Gasteiger partial charge in [-0.1, -0.05) is 13.0 Å². The standard InChI is InChI=1S/C22H23FN4/c1-3-9-24-15(2)8-10-27-22-7-4-16(11-17(22)13-26-27)20-14-25-21-12-18(23)5-6-19(20)21/h4-7,11-14,25H,3,8-10H2,1-2H3. The summed E-state index contributed by atoms with van der Waals surface area (Å²) in [5.41, 5.74) is 5.27. The first-order chi connectivity index (χ1) is 13.2. The number of fused-ring (bicyclic) bond motifs is 2. The maximum absolute atomic E-state index is 13.4. The predicted molar refractivity (Wildman–Crippen MR) is 110 cm³/mol. The minimum atomic E-state index is -0.231. The Morgan fingerprint density at radius 1 is 1.22 bits per heavy atom. The number of aliphatic imine (C=N–C) groups is 1. The van der Waals surface area contributed by atoms with Crippen molar-refractivity contribution in [3.05, 3.63) is 54.6 Å². The van der Waals surface area contributed by atoms with Crippen molar-refractivity contribution in [3.8, 4) is 11.1 Å². The Kier molecular flexibility index (Phi) is 4.75. The van der Waals surface area contributed by atoms with Crippen LogP contribution in [-0.2, 0) is 6.54 Å². The van der Waals surface area contributed by atoms with Gasteiger partial charge in [0.2, 0.25) is 0 Å². The average molecular weight is 362 g/mol. The van der Waals surface area contributed by atoms with Gasteiger partial charge in [0.15, 0.2) is 0 Å². The van der Waals surface area contributed by atoms with E-state index in [0.717, 1.165) is 58.9 Å². The van der Waals surface area contributed by atoms with Crippen molar-refractivity contribution in [1.29, 1.82) is 0 Å². The highest BCUT2D eigenvalue weighted by molar-refractivity contribution is 5.97. The van der Waals surface area contributed by atoms with E-state index in [1.165, 1.54) is 17.8 Å². The molecular weight excluding hydrogens is 339 g/mol. The summed E-state index contributed by atoms with van der Waals surface area (Å²) in [7, 11) is 0. The normalized spacial score (nSPS) is 12.3. The summed E-state index contributed by atoms with van der Waals surface area (Å²) in [6, 6.07) is 11.2. The molecule has 0 unspecified atom stereocenters. The fourth-order valence-electron chi connectivity index (χ4n) is 3.42. The SMILES string of the molecule is CCCN=C(C)CCn1ncc2cc(-c3c[nH]c4cc(F)ccc34)ccc21. The van der Waals surface area contributed by atoms with E-state index in [2.05, 4.69) is 47.1 Å². The van der Waals surface area contributed by atoms with Crippen LogP contribution in [0, 0.1) is 5.82 Å². The number of aromatic nitrogens is 3. The molecule has 0 spiro atoms. The van der Waals surface area contributed by atoms with E-state index >= 15 is 0 Å². The molecular formula is C22H23FN4. The lowest BCUT2D eigenvalue weighted by molar-refractivity contribution is 0.629. The van der Waals surface area contributed by atoms with E-state index in [1.807, 2.05) is 23.1 Å². The maximum Gasteiger partial charge on any atom is 0.125 e. The van der Waals surface area contributed by atoms with E-state index in [0.29, 0.717) is 0 Å². The fourth-order valence-corrected chi connectivity index (χ4v) is 3.42. The van der Waals surface area contributed by atoms with Crippen LogP contribution in [0.5, 0.6) is 0 Å². The number of benzene rings is 2. The van der Waals surface area contributed by atoms with Gasteiger partial charge in [0.25, 0.3) is 0 Å². The summed E-state index contributed by atoms with van der Waals surface area (Å²) < 4.78 is 15.5. The first-order valence-corrected chi connectivity index (χ1v) is 9.38. The molecule has 4 nitrogen and oxygen atoms in total. The minimum absolute atomic E-state index is 0.231. The number of hydrogen-bond acceptors (Lipinski definition) is 2. The Hall–Kier alpha value is -2.95. The van der Waals surface area contributed by atoms with Gasteiger partial charge in [-0.25, -0.2) is 4.39 Å². The Morgan fingerprint density at radius 2 is 2.11 bits per heavy atom. The number of rotatable bonds is 6. The van der Waals surface area contributed by atoms with Crippen molar-refractivity contribution < 1.29 is 4.39 Å². The van der Waals surface area contributed by atoms with Gasteiger partial charge in [-0.05, 0) is 49.2 Å². The zero-order chi connectivity index (χ0) is 18.8. The number of aryl methyl sites for hydroxylation is 1. The lowest BCUT2D eigenvalue weighted by Gasteiger charge is -2.05. The number of aromatic amines is 1. The van der Waals surface area contributed by atoms with Gasteiger partial charge < -0.3 is 4.98 Å². The van der Waals surface area contributed by atoms with Crippen LogP contribution < -0.4 is 0 Å². The lowest BCUT2D eigenvalue weighted by atomic mass is 10.0. The summed E-state index contributed by atoms with van der Waals surface area (Å²) >= 11 is 0. The molecule has 4 rings (SSSR count). The third kappa shape index (κ3) is 3.50. The second kappa shape index (κ2) is 7.35. The molecule has 27 heavy (non-hydrogen) atoms. The molecule has 0 aliphatic rings. The molecule has 0 saturated carbocycles. The number of H-pyrrole nitrogens is 1. The average Bonchev–Trinajstić information content (AvgIpc) is 3.27. The van der Waals surface area contributed by atoms with Crippen molar-refractivity contribution in [3.63, 3.8) is 0 Å². The third-order valence-electron chi connectivity index (χ3n) is 4.89. The molecule has 0 bridgehead atoms. The molecule has 2 aromatic heterocycles. The van der Waals surface area contributed by atoms with Crippen molar-refractivity contribution >= 4 is 27.5 Å². The van der Waals surface area contributed by atoms with E-state index in [1.54, 1.807) is 0 Å². The predicted octanol–water partition coefficient (Wildman–Crippen LogP) is 5.58. The molecule has 0 fully saturated rings. The third-order valence-corrected chi connectivity index (χ3v) is 4.89. The molecule has 0 saturated heterocycles. The van der Waals surface area contributed by atoms with Crippen LogP contribution in [-0.4, -0.2) is 27.0 Å². The van der Waals surface area contributed by atoms with E-state index in [9.17, 15) is 4.39 Å². The number of nitrogens with zero attached hydrogens (tertiary/aromatic N) is 3. The molecule has 138 valence electrons. The van der Waals surface area contributed by atoms with Crippen LogP contribution in [0.25, 0.3) is 32.9 Å². The summed E-state index contributed by atoms with van der Waals surface area (Å²) in [5, 5.41) is 6.67. The molecule has 0 aliphatic carbocycles. The van der Waals surface area contributed by atoms with Crippen molar-refractivity contribution in [2.24, 2.45) is 4.99 Å². The molecule has 0 radical (unpaired) electrons. The van der Waals surface area contributed by atoms with Gasteiger partial charge in [0.05, 0.1) is 11.7 Å². The Balaban J connectivity index is 1.62. The molecule has 4 aromatic rings. The summed E-state index contributed by atoms with van der Waals surface area (Å²) in [4.78, 5) is 7.71. The first-order valence-electron chi connectivity index (χ1n) is 9.38. The lowest BCUT2D eigenvalue weighted by Crippen LogP contribution is -2.04. The fraction of sp³-hybridized carbons (Fsp3) is 0.273. The maximum atomic E-state index is 13.4. The van der Waals surface area contributed by atoms with Crippen molar-refractivity contribution in [1.82, 2.24) is 14.8 Å². The van der Waals surface area contributed by atoms with Gasteiger partial charge in [-0.15, -0.1) is 0 Å². The van der Waals surface area contributed by atoms with Gasteiger partial charge >= 0.3 is 0 Å². The topological polar surface area (TPSA) is 46.0 Å². The Morgan fingerprint density at radius 3 is 2.96 bits per heavy atom. The second-order valence-electron chi connectivity index (χ2n) is 6.90. The summed E-state index contributed by atoms with van der Waals surface area (Å²) in [6.07, 6.45) is 5.83. The van der Waals surface area contributed by atoms with Gasteiger partial charge in [-0.3, -0.25) is 9.67 Å². The van der Waals surface area contributed by atoms with E-state index in [-0.39, 0.29) is 5.82 Å². The summed E-state index contributed by atoms with van der Waals surface area (Å²) in [5.74, 6) is -0.231. The van der Waals surface area contributed by atoms with Crippen LogP contribution in [0.4, 0.5) is 4.39 Å².